The van der Waals surface area contributed by atoms with Gasteiger partial charge in [-0.05, 0) is 32.9 Å². The second kappa shape index (κ2) is 12.9. The number of thioether (sulfide) groups is 1. The molecule has 3 rings (SSSR count). The lowest BCUT2D eigenvalue weighted by Gasteiger charge is -2.22. The maximum Gasteiger partial charge on any atom is 0.408 e. The first-order valence-corrected chi connectivity index (χ1v) is 15.1. The van der Waals surface area contributed by atoms with Crippen molar-refractivity contribution in [3.8, 4) is 0 Å². The zero-order valence-corrected chi connectivity index (χ0v) is 25.4. The van der Waals surface area contributed by atoms with Crippen LogP contribution in [0.15, 0.2) is 52.3 Å². The Labute approximate surface area is 243 Å². The Hall–Kier alpha value is -3.62. The third kappa shape index (κ3) is 7.99. The van der Waals surface area contributed by atoms with Gasteiger partial charge >= 0.3 is 12.1 Å². The summed E-state index contributed by atoms with van der Waals surface area (Å²) in [6, 6.07) is 9.23. The van der Waals surface area contributed by atoms with Crippen molar-refractivity contribution in [3.05, 3.63) is 47.4 Å². The number of hydrogen-bond acceptors (Lipinski definition) is 10. The van der Waals surface area contributed by atoms with E-state index in [1.807, 2.05) is 31.1 Å². The van der Waals surface area contributed by atoms with Crippen LogP contribution < -0.4 is 14.9 Å². The van der Waals surface area contributed by atoms with E-state index in [1.54, 1.807) is 39.0 Å². The number of esters is 1. The number of sulfonamides is 1. The smallest absolute Gasteiger partial charge is 0.408 e. The van der Waals surface area contributed by atoms with Gasteiger partial charge in [0.15, 0.2) is 0 Å². The molecule has 12 nitrogen and oxygen atoms in total. The van der Waals surface area contributed by atoms with Gasteiger partial charge < -0.3 is 19.7 Å². The second-order valence-electron chi connectivity index (χ2n) is 10.3. The number of imide groups is 1. The summed E-state index contributed by atoms with van der Waals surface area (Å²) in [6.07, 6.45) is 0.269. The summed E-state index contributed by atoms with van der Waals surface area (Å²) in [5.41, 5.74) is 0.0682. The number of amides is 3. The molecule has 2 N–H and O–H groups in total. The van der Waals surface area contributed by atoms with E-state index in [0.29, 0.717) is 5.39 Å². The van der Waals surface area contributed by atoms with Gasteiger partial charge in [0, 0.05) is 55.5 Å². The van der Waals surface area contributed by atoms with E-state index in [1.165, 1.54) is 6.07 Å². The van der Waals surface area contributed by atoms with Crippen molar-refractivity contribution in [1.82, 2.24) is 14.9 Å². The van der Waals surface area contributed by atoms with Crippen molar-refractivity contribution in [2.24, 2.45) is 0 Å². The predicted octanol–water partition coefficient (Wildman–Crippen LogP) is 2.24. The fourth-order valence-electron chi connectivity index (χ4n) is 3.99. The van der Waals surface area contributed by atoms with Crippen LogP contribution in [-0.4, -0.2) is 88.9 Å². The lowest BCUT2D eigenvalue weighted by molar-refractivity contribution is -0.142. The summed E-state index contributed by atoms with van der Waals surface area (Å²) >= 11 is 0.888. The average molecular weight is 607 g/mol. The van der Waals surface area contributed by atoms with Crippen LogP contribution in [0.5, 0.6) is 0 Å². The molecule has 0 saturated carbocycles. The topological polar surface area (TPSA) is 151 Å². The third-order valence-corrected chi connectivity index (χ3v) is 8.44. The minimum atomic E-state index is -3.97. The number of nitrogens with zero attached hydrogens (tertiary/aromatic N) is 2. The van der Waals surface area contributed by atoms with Crippen LogP contribution in [0.25, 0.3) is 10.8 Å². The molecule has 0 aromatic heterocycles. The van der Waals surface area contributed by atoms with Crippen molar-refractivity contribution in [2.45, 2.75) is 37.3 Å². The summed E-state index contributed by atoms with van der Waals surface area (Å²) < 4.78 is 38.7. The van der Waals surface area contributed by atoms with Gasteiger partial charge in [-0.3, -0.25) is 14.5 Å². The molecule has 0 radical (unpaired) electrons. The number of carbonyl (C=O) groups is 4. The Morgan fingerprint density at radius 1 is 1.07 bits per heavy atom. The highest BCUT2D eigenvalue weighted by Gasteiger charge is 2.33. The van der Waals surface area contributed by atoms with E-state index in [9.17, 15) is 27.6 Å². The Balaban J connectivity index is 1.62. The Morgan fingerprint density at radius 2 is 1.73 bits per heavy atom. The van der Waals surface area contributed by atoms with E-state index >= 15 is 0 Å². The average Bonchev–Trinajstić information content (AvgIpc) is 3.16. The molecule has 3 amide bonds. The molecular formula is C27H34N4O8S2. The fourth-order valence-corrected chi connectivity index (χ4v) is 6.22. The van der Waals surface area contributed by atoms with Crippen LogP contribution in [0, 0.1) is 0 Å². The van der Waals surface area contributed by atoms with Crippen LogP contribution in [0.4, 0.5) is 10.5 Å². The zero-order chi connectivity index (χ0) is 30.5. The first kappa shape index (κ1) is 31.9. The Morgan fingerprint density at radius 3 is 2.37 bits per heavy atom. The van der Waals surface area contributed by atoms with Gasteiger partial charge in [-0.1, -0.05) is 24.3 Å². The molecule has 0 unspecified atom stereocenters. The van der Waals surface area contributed by atoms with Crippen LogP contribution in [0.2, 0.25) is 0 Å². The summed E-state index contributed by atoms with van der Waals surface area (Å²) in [5.74, 6) is -2.11. The molecule has 1 aliphatic heterocycles. The molecule has 1 atom stereocenters. The molecule has 14 heteroatoms. The molecule has 0 aliphatic carbocycles. The quantitative estimate of drug-likeness (QED) is 0.288. The van der Waals surface area contributed by atoms with Gasteiger partial charge in [-0.15, -0.1) is 11.8 Å². The lowest BCUT2D eigenvalue weighted by atomic mass is 10.1. The largest absolute Gasteiger partial charge is 0.467 e. The number of methoxy groups -OCH3 is 1. The highest BCUT2D eigenvalue weighted by atomic mass is 32.2. The fraction of sp³-hybridized carbons (Fsp3) is 0.407. The van der Waals surface area contributed by atoms with E-state index in [-0.39, 0.29) is 28.6 Å². The highest BCUT2D eigenvalue weighted by Crippen LogP contribution is 2.30. The van der Waals surface area contributed by atoms with Crippen LogP contribution in [0.1, 0.15) is 20.8 Å². The van der Waals surface area contributed by atoms with Crippen molar-refractivity contribution in [3.63, 3.8) is 0 Å². The van der Waals surface area contributed by atoms with Crippen molar-refractivity contribution in [1.29, 1.82) is 0 Å². The number of benzene rings is 2. The molecule has 0 fully saturated rings. The van der Waals surface area contributed by atoms with Gasteiger partial charge in [0.25, 0.3) is 11.8 Å². The van der Waals surface area contributed by atoms with E-state index in [4.69, 9.17) is 9.47 Å². The molecule has 2 aromatic carbocycles. The minimum absolute atomic E-state index is 0.0445. The van der Waals surface area contributed by atoms with Gasteiger partial charge in [0.05, 0.1) is 16.9 Å². The number of ether oxygens (including phenoxy) is 2. The minimum Gasteiger partial charge on any atom is -0.467 e. The molecule has 0 bridgehead atoms. The summed E-state index contributed by atoms with van der Waals surface area (Å²) in [5, 5.41) is 3.71. The maximum atomic E-state index is 13.2. The monoisotopic (exact) mass is 606 g/mol. The van der Waals surface area contributed by atoms with E-state index < -0.39 is 45.5 Å². The first-order chi connectivity index (χ1) is 19.1. The normalized spacial score (nSPS) is 14.6. The number of hydrogen-bond donors (Lipinski definition) is 2. The summed E-state index contributed by atoms with van der Waals surface area (Å²) in [4.78, 5) is 52.6. The Kier molecular flexibility index (Phi) is 10.0. The van der Waals surface area contributed by atoms with Gasteiger partial charge in [-0.2, -0.15) is 0 Å². The number of rotatable bonds is 11. The molecule has 1 heterocycles. The molecule has 1 aliphatic rings. The van der Waals surface area contributed by atoms with Crippen LogP contribution in [-0.2, 0) is 33.9 Å². The zero-order valence-electron chi connectivity index (χ0n) is 23.7. The first-order valence-electron chi connectivity index (χ1n) is 12.6. The molecule has 0 saturated heterocycles. The molecular weight excluding hydrogens is 572 g/mol. The molecule has 0 spiro atoms. The van der Waals surface area contributed by atoms with Crippen molar-refractivity contribution >= 4 is 62.1 Å². The molecule has 41 heavy (non-hydrogen) atoms. The van der Waals surface area contributed by atoms with Gasteiger partial charge in [0.1, 0.15) is 11.6 Å². The van der Waals surface area contributed by atoms with Crippen LogP contribution in [0.3, 0.4) is 0 Å². The Bertz CT molecular complexity index is 1480. The number of anilines is 1. The van der Waals surface area contributed by atoms with Crippen molar-refractivity contribution in [2.75, 3.05) is 44.9 Å². The number of nitrogens with one attached hydrogen (secondary N) is 2. The number of fused-ring (bicyclic) bond motifs is 1. The van der Waals surface area contributed by atoms with E-state index in [2.05, 4.69) is 10.0 Å². The maximum absolute atomic E-state index is 13.2. The van der Waals surface area contributed by atoms with Crippen LogP contribution >= 0.6 is 11.8 Å². The molecule has 2 aromatic rings. The lowest BCUT2D eigenvalue weighted by Crippen LogP contribution is -2.45. The number of carbonyl (C=O) groups excluding carboxylic acids is 4. The highest BCUT2D eigenvalue weighted by molar-refractivity contribution is 8.04. The van der Waals surface area contributed by atoms with Gasteiger partial charge in [-0.25, -0.2) is 22.7 Å². The van der Waals surface area contributed by atoms with Gasteiger partial charge in [0.2, 0.25) is 10.0 Å². The number of alkyl carbamates (subject to hydrolysis) is 1. The van der Waals surface area contributed by atoms with E-state index in [0.717, 1.165) is 40.9 Å². The third-order valence-electron chi connectivity index (χ3n) is 5.82. The SMILES string of the molecule is COC(=O)[C@@H](CSC1=CC(=O)N(CCNS(=O)(=O)c2cccc3c(N(C)C)cccc23)C1=O)NC(=O)OC(C)(C)C. The molecule has 222 valence electrons. The van der Waals surface area contributed by atoms with Crippen molar-refractivity contribution < 1.29 is 37.1 Å². The summed E-state index contributed by atoms with van der Waals surface area (Å²) in [6.45, 7) is 4.58. The summed E-state index contributed by atoms with van der Waals surface area (Å²) in [7, 11) is 0.918. The standard InChI is InChI=1S/C27H34N4O8S2/c1-27(2,3)39-26(35)29-19(25(34)38-6)16-40-21-15-23(32)31(24(21)33)14-13-28-41(36,37)22-12-8-9-17-18(22)10-7-11-20(17)30(4)5/h7-12,15,19,28H,13-14,16H2,1-6H3,(H,29,35)/t19-/m1/s1. The predicted molar refractivity (Wildman–Crippen MR) is 156 cm³/mol. The second-order valence-corrected chi connectivity index (χ2v) is 13.1.